The van der Waals surface area contributed by atoms with Gasteiger partial charge in [-0.1, -0.05) is 0 Å². The molecule has 0 fully saturated rings. The topological polar surface area (TPSA) is 90.9 Å². The number of rotatable bonds is 2. The molecule has 6 heteroatoms. The lowest BCUT2D eigenvalue weighted by Gasteiger charge is -2.03. The number of carbonyl (C=O) groups excluding carboxylic acids is 1. The highest BCUT2D eigenvalue weighted by molar-refractivity contribution is 6.38. The number of aromatic nitrogens is 2. The second kappa shape index (κ2) is 4.40. The molecular weight excluding hydrogens is 184 g/mol. The number of amidine groups is 1. The Morgan fingerprint density at radius 3 is 3.00 bits per heavy atom. The maximum atomic E-state index is 11.0. The third-order valence-corrected chi connectivity index (χ3v) is 1.45. The number of carbonyl (C=O) groups is 1. The van der Waals surface area contributed by atoms with Crippen molar-refractivity contribution in [1.29, 1.82) is 5.41 Å². The average molecular weight is 196 g/mol. The van der Waals surface area contributed by atoms with Crippen molar-refractivity contribution in [2.45, 2.75) is 13.8 Å². The van der Waals surface area contributed by atoms with Crippen LogP contribution in [-0.2, 0) is 9.53 Å². The predicted octanol–water partition coefficient (Wildman–Crippen LogP) is 0.670. The lowest BCUT2D eigenvalue weighted by Crippen LogP contribution is -2.24. The van der Waals surface area contributed by atoms with E-state index in [1.165, 1.54) is 0 Å². The van der Waals surface area contributed by atoms with Crippen LogP contribution in [0, 0.1) is 12.3 Å². The first kappa shape index (κ1) is 10.2. The lowest BCUT2D eigenvalue weighted by molar-refractivity contribution is -0.135. The van der Waals surface area contributed by atoms with Crippen molar-refractivity contribution >= 4 is 17.6 Å². The number of nitrogens with zero attached hydrogens (tertiary/aromatic N) is 1. The van der Waals surface area contributed by atoms with Gasteiger partial charge in [0, 0.05) is 6.07 Å². The standard InChI is InChI=1S/C8H12N4O2/c1-3-14-8(13)7(9)10-6-4-5(2)11-12-6/h4H,3H2,1-2H3,(H3,9,10,11,12). The summed E-state index contributed by atoms with van der Waals surface area (Å²) in [6.45, 7) is 3.74. The second-order valence-corrected chi connectivity index (χ2v) is 2.64. The summed E-state index contributed by atoms with van der Waals surface area (Å²) in [5.41, 5.74) is 0.782. The normalized spacial score (nSPS) is 9.57. The molecule has 0 atom stereocenters. The van der Waals surface area contributed by atoms with Gasteiger partial charge in [0.05, 0.1) is 12.3 Å². The van der Waals surface area contributed by atoms with E-state index in [1.54, 1.807) is 19.9 Å². The number of ether oxygens (including phenoxy) is 1. The van der Waals surface area contributed by atoms with Crippen molar-refractivity contribution in [2.24, 2.45) is 0 Å². The lowest BCUT2D eigenvalue weighted by atomic mass is 10.4. The van der Waals surface area contributed by atoms with Crippen LogP contribution in [0.5, 0.6) is 0 Å². The monoisotopic (exact) mass is 196 g/mol. The van der Waals surface area contributed by atoms with Crippen LogP contribution < -0.4 is 5.32 Å². The maximum absolute atomic E-state index is 11.0. The van der Waals surface area contributed by atoms with Crippen molar-refractivity contribution in [2.75, 3.05) is 11.9 Å². The van der Waals surface area contributed by atoms with Gasteiger partial charge in [0.25, 0.3) is 0 Å². The van der Waals surface area contributed by atoms with E-state index >= 15 is 0 Å². The van der Waals surface area contributed by atoms with E-state index in [0.717, 1.165) is 5.69 Å². The highest BCUT2D eigenvalue weighted by Crippen LogP contribution is 2.03. The predicted molar refractivity (Wildman–Crippen MR) is 51.3 cm³/mol. The molecular formula is C8H12N4O2. The van der Waals surface area contributed by atoms with Gasteiger partial charge in [-0.3, -0.25) is 10.5 Å². The molecule has 0 saturated carbocycles. The Labute approximate surface area is 81.2 Å². The smallest absolute Gasteiger partial charge is 0.373 e. The van der Waals surface area contributed by atoms with Crippen LogP contribution in [0.3, 0.4) is 0 Å². The molecule has 0 amide bonds. The summed E-state index contributed by atoms with van der Waals surface area (Å²) >= 11 is 0. The molecule has 0 aliphatic heterocycles. The van der Waals surface area contributed by atoms with E-state index in [2.05, 4.69) is 20.3 Å². The van der Waals surface area contributed by atoms with Gasteiger partial charge < -0.3 is 10.1 Å². The van der Waals surface area contributed by atoms with Crippen LogP contribution in [-0.4, -0.2) is 28.6 Å². The Morgan fingerprint density at radius 1 is 1.79 bits per heavy atom. The third kappa shape index (κ3) is 2.58. The number of esters is 1. The largest absolute Gasteiger partial charge is 0.460 e. The molecule has 0 spiro atoms. The maximum Gasteiger partial charge on any atom is 0.373 e. The van der Waals surface area contributed by atoms with Gasteiger partial charge in [-0.15, -0.1) is 0 Å². The summed E-state index contributed by atoms with van der Waals surface area (Å²) in [6, 6.07) is 1.69. The van der Waals surface area contributed by atoms with Crippen LogP contribution in [0.2, 0.25) is 0 Å². The molecule has 0 aliphatic rings. The molecule has 1 rings (SSSR count). The molecule has 76 valence electrons. The number of hydrogen-bond acceptors (Lipinski definition) is 4. The molecule has 0 unspecified atom stereocenters. The second-order valence-electron chi connectivity index (χ2n) is 2.64. The van der Waals surface area contributed by atoms with Gasteiger partial charge >= 0.3 is 5.97 Å². The summed E-state index contributed by atoms with van der Waals surface area (Å²) in [6.07, 6.45) is 0. The molecule has 0 radical (unpaired) electrons. The SMILES string of the molecule is CCOC(=O)C(=N)Nc1cc(C)n[nH]1. The molecule has 0 saturated heterocycles. The zero-order valence-electron chi connectivity index (χ0n) is 8.05. The van der Waals surface area contributed by atoms with E-state index in [1.807, 2.05) is 0 Å². The first-order valence-corrected chi connectivity index (χ1v) is 4.18. The highest BCUT2D eigenvalue weighted by atomic mass is 16.5. The van der Waals surface area contributed by atoms with E-state index in [4.69, 9.17) is 5.41 Å². The van der Waals surface area contributed by atoms with Crippen molar-refractivity contribution in [3.63, 3.8) is 0 Å². The first-order chi connectivity index (χ1) is 6.63. The fourth-order valence-electron chi connectivity index (χ4n) is 0.875. The zero-order chi connectivity index (χ0) is 10.6. The number of H-pyrrole nitrogens is 1. The van der Waals surface area contributed by atoms with Crippen LogP contribution in [0.25, 0.3) is 0 Å². The first-order valence-electron chi connectivity index (χ1n) is 4.18. The van der Waals surface area contributed by atoms with Gasteiger partial charge in [0.15, 0.2) is 0 Å². The van der Waals surface area contributed by atoms with Gasteiger partial charge in [-0.2, -0.15) is 5.10 Å². The fourth-order valence-corrected chi connectivity index (χ4v) is 0.875. The Bertz CT molecular complexity index is 345. The van der Waals surface area contributed by atoms with Gasteiger partial charge in [-0.25, -0.2) is 4.79 Å². The van der Waals surface area contributed by atoms with Crippen LogP contribution in [0.1, 0.15) is 12.6 Å². The third-order valence-electron chi connectivity index (χ3n) is 1.45. The number of anilines is 1. The van der Waals surface area contributed by atoms with E-state index in [0.29, 0.717) is 5.82 Å². The molecule has 1 heterocycles. The minimum absolute atomic E-state index is 0.255. The van der Waals surface area contributed by atoms with E-state index in [-0.39, 0.29) is 12.4 Å². The minimum Gasteiger partial charge on any atom is -0.460 e. The summed E-state index contributed by atoms with van der Waals surface area (Å²) in [7, 11) is 0. The zero-order valence-corrected chi connectivity index (χ0v) is 8.05. The number of aromatic amines is 1. The van der Waals surface area contributed by atoms with E-state index in [9.17, 15) is 4.79 Å². The van der Waals surface area contributed by atoms with E-state index < -0.39 is 5.97 Å². The van der Waals surface area contributed by atoms with Crippen LogP contribution >= 0.6 is 0 Å². The molecule has 0 bridgehead atoms. The quantitative estimate of drug-likeness (QED) is 0.368. The van der Waals surface area contributed by atoms with Crippen molar-refractivity contribution in [3.05, 3.63) is 11.8 Å². The molecule has 6 nitrogen and oxygen atoms in total. The van der Waals surface area contributed by atoms with Crippen LogP contribution in [0.4, 0.5) is 5.82 Å². The average Bonchev–Trinajstić information content (AvgIpc) is 2.51. The van der Waals surface area contributed by atoms with Gasteiger partial charge in [0.2, 0.25) is 5.84 Å². The summed E-state index contributed by atoms with van der Waals surface area (Å²) in [4.78, 5) is 11.0. The molecule has 0 aliphatic carbocycles. The van der Waals surface area contributed by atoms with Gasteiger partial charge in [0.1, 0.15) is 5.82 Å². The molecule has 3 N–H and O–H groups in total. The molecule has 0 aromatic carbocycles. The number of hydrogen-bond donors (Lipinski definition) is 3. The number of nitrogens with one attached hydrogen (secondary N) is 3. The van der Waals surface area contributed by atoms with Crippen molar-refractivity contribution < 1.29 is 9.53 Å². The van der Waals surface area contributed by atoms with Gasteiger partial charge in [-0.05, 0) is 13.8 Å². The summed E-state index contributed by atoms with van der Waals surface area (Å²) < 4.78 is 4.62. The Hall–Kier alpha value is -1.85. The molecule has 1 aromatic rings. The highest BCUT2D eigenvalue weighted by Gasteiger charge is 2.10. The van der Waals surface area contributed by atoms with Crippen molar-refractivity contribution in [3.8, 4) is 0 Å². The number of aryl methyl sites for hydroxylation is 1. The molecule has 1 aromatic heterocycles. The Kier molecular flexibility index (Phi) is 3.22. The fraction of sp³-hybridized carbons (Fsp3) is 0.375. The molecule has 14 heavy (non-hydrogen) atoms. The minimum atomic E-state index is -0.681. The van der Waals surface area contributed by atoms with Crippen molar-refractivity contribution in [1.82, 2.24) is 10.2 Å². The summed E-state index contributed by atoms with van der Waals surface area (Å²) in [5, 5.41) is 16.3. The summed E-state index contributed by atoms with van der Waals surface area (Å²) in [5.74, 6) is -0.490. The Balaban J connectivity index is 2.53. The Morgan fingerprint density at radius 2 is 2.50 bits per heavy atom. The van der Waals surface area contributed by atoms with Crippen LogP contribution in [0.15, 0.2) is 6.07 Å².